The van der Waals surface area contributed by atoms with Gasteiger partial charge in [0.25, 0.3) is 0 Å². The van der Waals surface area contributed by atoms with E-state index in [9.17, 15) is 4.79 Å². The molecule has 7 heteroatoms. The summed E-state index contributed by atoms with van der Waals surface area (Å²) in [5.41, 5.74) is 0.714. The number of thiophene rings is 1. The third-order valence-electron chi connectivity index (χ3n) is 4.27. The minimum Gasteiger partial charge on any atom is -0.463 e. The minimum atomic E-state index is 0.0531. The summed E-state index contributed by atoms with van der Waals surface area (Å²) in [6.07, 6.45) is 5.14. The van der Waals surface area contributed by atoms with Gasteiger partial charge in [-0.25, -0.2) is 0 Å². The first kappa shape index (κ1) is 16.5. The van der Waals surface area contributed by atoms with Crippen LogP contribution >= 0.6 is 11.3 Å². The molecule has 0 N–H and O–H groups in total. The molecule has 0 aliphatic carbocycles. The van der Waals surface area contributed by atoms with Crippen molar-refractivity contribution in [1.29, 1.82) is 0 Å². The van der Waals surface area contributed by atoms with Crippen LogP contribution < -0.4 is 4.90 Å². The quantitative estimate of drug-likeness (QED) is 0.664. The van der Waals surface area contributed by atoms with Crippen molar-refractivity contribution in [3.63, 3.8) is 0 Å². The van der Waals surface area contributed by atoms with Crippen molar-refractivity contribution in [2.24, 2.45) is 0 Å². The molecule has 6 nitrogen and oxygen atoms in total. The van der Waals surface area contributed by atoms with Crippen LogP contribution in [0.3, 0.4) is 0 Å². The van der Waals surface area contributed by atoms with Gasteiger partial charge in [-0.3, -0.25) is 4.79 Å². The molecule has 0 unspecified atom stereocenters. The van der Waals surface area contributed by atoms with E-state index in [4.69, 9.17) is 4.42 Å². The van der Waals surface area contributed by atoms with Crippen molar-refractivity contribution in [3.8, 4) is 11.5 Å². The fourth-order valence-corrected chi connectivity index (χ4v) is 3.47. The van der Waals surface area contributed by atoms with Crippen LogP contribution in [-0.4, -0.2) is 47.2 Å². The van der Waals surface area contributed by atoms with Crippen LogP contribution in [0.15, 0.2) is 58.5 Å². The van der Waals surface area contributed by atoms with E-state index < -0.39 is 0 Å². The summed E-state index contributed by atoms with van der Waals surface area (Å²) in [4.78, 5) is 17.4. The molecule has 1 saturated heterocycles. The standard InChI is InChI=1S/C19H18N4O2S/c24-19(8-5-15-3-2-14-26-15)23-11-9-22(10-12-23)18-7-6-16(20-21-18)17-4-1-13-25-17/h1-8,13-14H,9-12H2. The van der Waals surface area contributed by atoms with E-state index >= 15 is 0 Å². The number of nitrogens with zero attached hydrogens (tertiary/aromatic N) is 4. The van der Waals surface area contributed by atoms with Gasteiger partial charge in [-0.1, -0.05) is 6.07 Å². The summed E-state index contributed by atoms with van der Waals surface area (Å²) in [7, 11) is 0. The second-order valence-corrected chi connectivity index (χ2v) is 6.89. The molecule has 132 valence electrons. The van der Waals surface area contributed by atoms with Crippen LogP contribution in [0, 0.1) is 0 Å². The molecule has 1 aliphatic heterocycles. The Bertz CT molecular complexity index is 865. The summed E-state index contributed by atoms with van der Waals surface area (Å²) in [6.45, 7) is 2.84. The topological polar surface area (TPSA) is 62.5 Å². The molecule has 0 bridgehead atoms. The number of aromatic nitrogens is 2. The van der Waals surface area contributed by atoms with Gasteiger partial charge in [-0.2, -0.15) is 0 Å². The summed E-state index contributed by atoms with van der Waals surface area (Å²) in [6, 6.07) is 11.5. The van der Waals surface area contributed by atoms with Crippen molar-refractivity contribution in [3.05, 3.63) is 59.0 Å². The molecule has 4 heterocycles. The molecule has 0 spiro atoms. The average molecular weight is 366 g/mol. The van der Waals surface area contributed by atoms with E-state index in [1.807, 2.05) is 52.8 Å². The maximum atomic E-state index is 12.3. The second kappa shape index (κ2) is 7.53. The van der Waals surface area contributed by atoms with Gasteiger partial charge in [-0.15, -0.1) is 21.5 Å². The molecule has 0 atom stereocenters. The lowest BCUT2D eigenvalue weighted by molar-refractivity contribution is -0.126. The Labute approximate surface area is 155 Å². The number of carbonyl (C=O) groups is 1. The Hall–Kier alpha value is -2.93. The first-order valence-corrected chi connectivity index (χ1v) is 9.30. The fraction of sp³-hybridized carbons (Fsp3) is 0.211. The van der Waals surface area contributed by atoms with Crippen molar-refractivity contribution >= 4 is 29.1 Å². The minimum absolute atomic E-state index is 0.0531. The number of hydrogen-bond donors (Lipinski definition) is 0. The third kappa shape index (κ3) is 3.67. The number of anilines is 1. The maximum Gasteiger partial charge on any atom is 0.246 e. The Morgan fingerprint density at radius 1 is 1.08 bits per heavy atom. The number of piperazine rings is 1. The highest BCUT2D eigenvalue weighted by Crippen LogP contribution is 2.19. The summed E-state index contributed by atoms with van der Waals surface area (Å²) >= 11 is 1.62. The Morgan fingerprint density at radius 2 is 1.96 bits per heavy atom. The van der Waals surface area contributed by atoms with E-state index in [0.717, 1.165) is 23.8 Å². The first-order valence-electron chi connectivity index (χ1n) is 8.43. The van der Waals surface area contributed by atoms with E-state index in [1.54, 1.807) is 23.7 Å². The Kier molecular flexibility index (Phi) is 4.79. The first-order chi connectivity index (χ1) is 12.8. The van der Waals surface area contributed by atoms with Gasteiger partial charge < -0.3 is 14.2 Å². The molecule has 1 aliphatic rings. The van der Waals surface area contributed by atoms with Crippen LogP contribution in [0.5, 0.6) is 0 Å². The highest BCUT2D eigenvalue weighted by atomic mass is 32.1. The van der Waals surface area contributed by atoms with Gasteiger partial charge in [0.1, 0.15) is 5.69 Å². The van der Waals surface area contributed by atoms with Crippen molar-refractivity contribution in [2.45, 2.75) is 0 Å². The largest absolute Gasteiger partial charge is 0.463 e. The number of rotatable bonds is 4. The number of carbonyl (C=O) groups excluding carboxylic acids is 1. The monoisotopic (exact) mass is 366 g/mol. The van der Waals surface area contributed by atoms with Gasteiger partial charge in [0, 0.05) is 37.1 Å². The summed E-state index contributed by atoms with van der Waals surface area (Å²) in [5, 5.41) is 10.5. The van der Waals surface area contributed by atoms with E-state index in [2.05, 4.69) is 15.1 Å². The van der Waals surface area contributed by atoms with E-state index in [1.165, 1.54) is 0 Å². The predicted octanol–water partition coefficient (Wildman–Crippen LogP) is 3.16. The average Bonchev–Trinajstić information content (AvgIpc) is 3.40. The van der Waals surface area contributed by atoms with Gasteiger partial charge in [-0.05, 0) is 41.8 Å². The lowest BCUT2D eigenvalue weighted by Gasteiger charge is -2.34. The van der Waals surface area contributed by atoms with Crippen LogP contribution in [0.25, 0.3) is 17.5 Å². The predicted molar refractivity (Wildman–Crippen MR) is 102 cm³/mol. The number of amides is 1. The highest BCUT2D eigenvalue weighted by Gasteiger charge is 2.21. The van der Waals surface area contributed by atoms with Gasteiger partial charge in [0.15, 0.2) is 11.6 Å². The smallest absolute Gasteiger partial charge is 0.246 e. The molecule has 4 rings (SSSR count). The van der Waals surface area contributed by atoms with Crippen LogP contribution in [0.2, 0.25) is 0 Å². The molecule has 3 aromatic rings. The van der Waals surface area contributed by atoms with Crippen LogP contribution in [-0.2, 0) is 4.79 Å². The lowest BCUT2D eigenvalue weighted by Crippen LogP contribution is -2.48. The molecule has 0 aromatic carbocycles. The molecule has 0 radical (unpaired) electrons. The van der Waals surface area contributed by atoms with Crippen LogP contribution in [0.4, 0.5) is 5.82 Å². The van der Waals surface area contributed by atoms with Crippen LogP contribution in [0.1, 0.15) is 4.88 Å². The van der Waals surface area contributed by atoms with Crippen molar-refractivity contribution < 1.29 is 9.21 Å². The maximum absolute atomic E-state index is 12.3. The van der Waals surface area contributed by atoms with E-state index in [0.29, 0.717) is 24.5 Å². The number of furan rings is 1. The normalized spacial score (nSPS) is 14.9. The molecule has 3 aromatic heterocycles. The summed E-state index contributed by atoms with van der Waals surface area (Å²) < 4.78 is 5.33. The Morgan fingerprint density at radius 3 is 2.62 bits per heavy atom. The van der Waals surface area contributed by atoms with Gasteiger partial charge in [0.2, 0.25) is 5.91 Å². The molecular weight excluding hydrogens is 348 g/mol. The lowest BCUT2D eigenvalue weighted by atomic mass is 10.2. The van der Waals surface area contributed by atoms with Gasteiger partial charge in [0.05, 0.1) is 6.26 Å². The summed E-state index contributed by atoms with van der Waals surface area (Å²) in [5.74, 6) is 1.58. The zero-order chi connectivity index (χ0) is 17.8. The van der Waals surface area contributed by atoms with Crippen molar-refractivity contribution in [1.82, 2.24) is 15.1 Å². The SMILES string of the molecule is O=C(C=Cc1cccs1)N1CCN(c2ccc(-c3ccco3)nn2)CC1. The molecule has 1 amide bonds. The highest BCUT2D eigenvalue weighted by molar-refractivity contribution is 7.10. The fourth-order valence-electron chi connectivity index (χ4n) is 2.85. The van der Waals surface area contributed by atoms with Crippen molar-refractivity contribution in [2.75, 3.05) is 31.1 Å². The second-order valence-electron chi connectivity index (χ2n) is 5.92. The number of hydrogen-bond acceptors (Lipinski definition) is 6. The van der Waals surface area contributed by atoms with Gasteiger partial charge >= 0.3 is 0 Å². The zero-order valence-corrected chi connectivity index (χ0v) is 14.9. The molecular formula is C19H18N4O2S. The third-order valence-corrected chi connectivity index (χ3v) is 5.11. The molecule has 0 saturated carbocycles. The van der Waals surface area contributed by atoms with E-state index in [-0.39, 0.29) is 5.91 Å². The zero-order valence-electron chi connectivity index (χ0n) is 14.1. The Balaban J connectivity index is 1.34. The molecule has 1 fully saturated rings. The molecule has 26 heavy (non-hydrogen) atoms.